The Morgan fingerprint density at radius 1 is 1.25 bits per heavy atom. The summed E-state index contributed by atoms with van der Waals surface area (Å²) < 4.78 is 1.83. The average Bonchev–Trinajstić information content (AvgIpc) is 2.82. The molecule has 0 unspecified atom stereocenters. The number of aryl methyl sites for hydroxylation is 1. The van der Waals surface area contributed by atoms with Crippen molar-refractivity contribution >= 4 is 11.0 Å². The van der Waals surface area contributed by atoms with E-state index in [1.807, 2.05) is 22.9 Å². The van der Waals surface area contributed by atoms with Gasteiger partial charge in [-0.3, -0.25) is 19.6 Å². The molecule has 3 aromatic rings. The second kappa shape index (κ2) is 5.28. The van der Waals surface area contributed by atoms with Crippen LogP contribution in [0.2, 0.25) is 0 Å². The van der Waals surface area contributed by atoms with E-state index in [9.17, 15) is 4.79 Å². The maximum atomic E-state index is 12.0. The van der Waals surface area contributed by atoms with Crippen LogP contribution in [0.3, 0.4) is 0 Å². The van der Waals surface area contributed by atoms with Gasteiger partial charge in [0.25, 0.3) is 5.56 Å². The van der Waals surface area contributed by atoms with Crippen LogP contribution >= 0.6 is 0 Å². The average molecular weight is 268 g/mol. The van der Waals surface area contributed by atoms with Gasteiger partial charge in [-0.1, -0.05) is 13.3 Å². The van der Waals surface area contributed by atoms with Gasteiger partial charge < -0.3 is 0 Å². The SMILES string of the molecule is CCCCn1[nH]c(=O)c2cc(-c3ccncc3)cnc21. The maximum absolute atomic E-state index is 12.0. The normalized spacial score (nSPS) is 11.1. The summed E-state index contributed by atoms with van der Waals surface area (Å²) in [6.45, 7) is 2.91. The lowest BCUT2D eigenvalue weighted by atomic mass is 10.1. The number of fused-ring (bicyclic) bond motifs is 1. The molecule has 0 amide bonds. The Hall–Kier alpha value is -2.43. The fourth-order valence-corrected chi connectivity index (χ4v) is 2.26. The Balaban J connectivity index is 2.08. The minimum atomic E-state index is -0.0838. The molecular weight excluding hydrogens is 252 g/mol. The third-order valence-corrected chi connectivity index (χ3v) is 3.35. The zero-order valence-corrected chi connectivity index (χ0v) is 11.3. The van der Waals surface area contributed by atoms with Crippen LogP contribution in [0.15, 0.2) is 41.6 Å². The van der Waals surface area contributed by atoms with E-state index in [0.717, 1.165) is 36.2 Å². The van der Waals surface area contributed by atoms with Crippen LogP contribution in [0.5, 0.6) is 0 Å². The Morgan fingerprint density at radius 2 is 2.05 bits per heavy atom. The van der Waals surface area contributed by atoms with Gasteiger partial charge in [-0.2, -0.15) is 0 Å². The van der Waals surface area contributed by atoms with Crippen LogP contribution in [0.4, 0.5) is 0 Å². The Labute approximate surface area is 116 Å². The van der Waals surface area contributed by atoms with Gasteiger partial charge in [0.05, 0.1) is 5.39 Å². The van der Waals surface area contributed by atoms with E-state index < -0.39 is 0 Å². The van der Waals surface area contributed by atoms with Gasteiger partial charge in [0, 0.05) is 30.7 Å². The summed E-state index contributed by atoms with van der Waals surface area (Å²) in [4.78, 5) is 20.5. The van der Waals surface area contributed by atoms with Crippen LogP contribution in [0.1, 0.15) is 19.8 Å². The highest BCUT2D eigenvalue weighted by Gasteiger charge is 2.09. The first kappa shape index (κ1) is 12.6. The topological polar surface area (TPSA) is 63.6 Å². The summed E-state index contributed by atoms with van der Waals surface area (Å²) in [6, 6.07) is 5.70. The van der Waals surface area contributed by atoms with Crippen molar-refractivity contribution in [3.05, 3.63) is 47.1 Å². The van der Waals surface area contributed by atoms with E-state index in [0.29, 0.717) is 5.39 Å². The number of unbranched alkanes of at least 4 members (excludes halogenated alkanes) is 1. The molecule has 0 aromatic carbocycles. The molecular formula is C15H16N4O. The van der Waals surface area contributed by atoms with Gasteiger partial charge in [0.2, 0.25) is 0 Å². The summed E-state index contributed by atoms with van der Waals surface area (Å²) in [6.07, 6.45) is 7.37. The Kier molecular flexibility index (Phi) is 3.33. The number of nitrogens with one attached hydrogen (secondary N) is 1. The predicted molar refractivity (Wildman–Crippen MR) is 78.5 cm³/mol. The number of hydrogen-bond donors (Lipinski definition) is 1. The molecule has 20 heavy (non-hydrogen) atoms. The van der Waals surface area contributed by atoms with Gasteiger partial charge in [0.1, 0.15) is 0 Å². The van der Waals surface area contributed by atoms with Crippen LogP contribution in [-0.2, 0) is 6.54 Å². The Morgan fingerprint density at radius 3 is 2.80 bits per heavy atom. The van der Waals surface area contributed by atoms with E-state index in [1.165, 1.54) is 0 Å². The van der Waals surface area contributed by atoms with Crippen LogP contribution in [-0.4, -0.2) is 19.7 Å². The molecule has 0 fully saturated rings. The molecule has 0 radical (unpaired) electrons. The molecule has 5 heteroatoms. The van der Waals surface area contributed by atoms with Crippen molar-refractivity contribution in [2.24, 2.45) is 0 Å². The van der Waals surface area contributed by atoms with E-state index in [2.05, 4.69) is 22.0 Å². The van der Waals surface area contributed by atoms with E-state index in [-0.39, 0.29) is 5.56 Å². The summed E-state index contributed by atoms with van der Waals surface area (Å²) in [5.41, 5.74) is 2.58. The fraction of sp³-hybridized carbons (Fsp3) is 0.267. The van der Waals surface area contributed by atoms with Crippen LogP contribution in [0, 0.1) is 0 Å². The third kappa shape index (κ3) is 2.22. The van der Waals surface area contributed by atoms with E-state index in [1.54, 1.807) is 18.6 Å². The first-order chi connectivity index (χ1) is 9.79. The molecule has 0 bridgehead atoms. The lowest BCUT2D eigenvalue weighted by molar-refractivity contribution is 0.580. The summed E-state index contributed by atoms with van der Waals surface area (Å²) in [5, 5.41) is 3.49. The number of nitrogens with zero attached hydrogens (tertiary/aromatic N) is 3. The van der Waals surface area contributed by atoms with Crippen LogP contribution < -0.4 is 5.56 Å². The monoisotopic (exact) mass is 268 g/mol. The molecule has 102 valence electrons. The number of aromatic nitrogens is 4. The third-order valence-electron chi connectivity index (χ3n) is 3.35. The second-order valence-electron chi connectivity index (χ2n) is 4.78. The lowest BCUT2D eigenvalue weighted by Crippen LogP contribution is -2.05. The fourth-order valence-electron chi connectivity index (χ4n) is 2.26. The molecule has 0 aliphatic heterocycles. The maximum Gasteiger partial charge on any atom is 0.273 e. The first-order valence-electron chi connectivity index (χ1n) is 6.78. The molecule has 5 nitrogen and oxygen atoms in total. The van der Waals surface area contributed by atoms with Gasteiger partial charge >= 0.3 is 0 Å². The first-order valence-corrected chi connectivity index (χ1v) is 6.78. The van der Waals surface area contributed by atoms with Gasteiger partial charge in [-0.05, 0) is 30.2 Å². The standard InChI is InChI=1S/C15H16N4O/c1-2-3-8-19-14-13(15(20)18-19)9-12(10-17-14)11-4-6-16-7-5-11/h4-7,9-10H,2-3,8H2,1H3,(H,18,20). The Bertz CT molecular complexity index is 773. The molecule has 3 rings (SSSR count). The minimum absolute atomic E-state index is 0.0838. The second-order valence-corrected chi connectivity index (χ2v) is 4.78. The van der Waals surface area contributed by atoms with Gasteiger partial charge in [-0.25, -0.2) is 4.98 Å². The number of aromatic amines is 1. The molecule has 0 saturated heterocycles. The molecule has 0 aliphatic carbocycles. The molecule has 3 aromatic heterocycles. The molecule has 1 N–H and O–H groups in total. The highest BCUT2D eigenvalue weighted by atomic mass is 16.1. The minimum Gasteiger partial charge on any atom is -0.267 e. The van der Waals surface area contributed by atoms with Crippen molar-refractivity contribution in [3.8, 4) is 11.1 Å². The summed E-state index contributed by atoms with van der Waals surface area (Å²) >= 11 is 0. The smallest absolute Gasteiger partial charge is 0.267 e. The van der Waals surface area contributed by atoms with E-state index in [4.69, 9.17) is 0 Å². The number of pyridine rings is 2. The number of hydrogen-bond acceptors (Lipinski definition) is 3. The van der Waals surface area contributed by atoms with Gasteiger partial charge in [0.15, 0.2) is 5.65 Å². The highest BCUT2D eigenvalue weighted by molar-refractivity contribution is 5.80. The van der Waals surface area contributed by atoms with Crippen LogP contribution in [0.25, 0.3) is 22.2 Å². The summed E-state index contributed by atoms with van der Waals surface area (Å²) in [5.74, 6) is 0. The summed E-state index contributed by atoms with van der Waals surface area (Å²) in [7, 11) is 0. The van der Waals surface area contributed by atoms with Gasteiger partial charge in [-0.15, -0.1) is 0 Å². The lowest BCUT2D eigenvalue weighted by Gasteiger charge is -2.03. The molecule has 0 atom stereocenters. The van der Waals surface area contributed by atoms with Crippen molar-refractivity contribution in [1.82, 2.24) is 19.7 Å². The molecule has 0 aliphatic rings. The molecule has 3 heterocycles. The van der Waals surface area contributed by atoms with Crippen molar-refractivity contribution in [1.29, 1.82) is 0 Å². The zero-order chi connectivity index (χ0) is 13.9. The molecule has 0 saturated carbocycles. The number of H-pyrrole nitrogens is 1. The van der Waals surface area contributed by atoms with Crippen molar-refractivity contribution in [2.75, 3.05) is 0 Å². The quantitative estimate of drug-likeness (QED) is 0.791. The van der Waals surface area contributed by atoms with Crippen molar-refractivity contribution in [2.45, 2.75) is 26.3 Å². The highest BCUT2D eigenvalue weighted by Crippen LogP contribution is 2.20. The van der Waals surface area contributed by atoms with Crippen molar-refractivity contribution in [3.63, 3.8) is 0 Å². The number of rotatable bonds is 4. The predicted octanol–water partition coefficient (Wildman–Crippen LogP) is 2.59. The van der Waals surface area contributed by atoms with Crippen molar-refractivity contribution < 1.29 is 0 Å². The van der Waals surface area contributed by atoms with E-state index >= 15 is 0 Å². The zero-order valence-electron chi connectivity index (χ0n) is 11.3. The largest absolute Gasteiger partial charge is 0.273 e. The molecule has 0 spiro atoms.